The molecule has 0 radical (unpaired) electrons. The summed E-state index contributed by atoms with van der Waals surface area (Å²) in [6.07, 6.45) is 7.81. The maximum absolute atomic E-state index is 11.5. The molecule has 3 N–H and O–H groups in total. The van der Waals surface area contributed by atoms with Crippen LogP contribution in [0, 0.1) is 0 Å². The van der Waals surface area contributed by atoms with Crippen molar-refractivity contribution in [1.82, 2.24) is 9.88 Å². The van der Waals surface area contributed by atoms with Crippen molar-refractivity contribution in [2.24, 2.45) is 5.73 Å². The molecule has 1 aromatic heterocycles. The molecule has 94 valence electrons. The van der Waals surface area contributed by atoms with Crippen molar-refractivity contribution in [3.05, 3.63) is 24.0 Å². The molecule has 1 amide bonds. The zero-order valence-electron chi connectivity index (χ0n) is 10.4. The molecule has 4 nitrogen and oxygen atoms in total. The van der Waals surface area contributed by atoms with E-state index in [0.717, 1.165) is 31.4 Å². The molecule has 1 aromatic rings. The molecule has 4 heteroatoms. The van der Waals surface area contributed by atoms with E-state index in [1.165, 1.54) is 0 Å². The topological polar surface area (TPSA) is 60.0 Å². The SMILES string of the molecule is CCC(N)c1ccn(CCC(=O)NC2CC2)c1. The van der Waals surface area contributed by atoms with Crippen LogP contribution in [-0.4, -0.2) is 16.5 Å². The summed E-state index contributed by atoms with van der Waals surface area (Å²) in [6, 6.07) is 2.60. The molecule has 0 bridgehead atoms. The Morgan fingerprint density at radius 2 is 2.41 bits per heavy atom. The molecule has 0 saturated heterocycles. The van der Waals surface area contributed by atoms with Crippen LogP contribution in [-0.2, 0) is 11.3 Å². The molecule has 1 fully saturated rings. The fourth-order valence-electron chi connectivity index (χ4n) is 1.81. The smallest absolute Gasteiger partial charge is 0.222 e. The van der Waals surface area contributed by atoms with Gasteiger partial charge in [0.05, 0.1) is 0 Å². The van der Waals surface area contributed by atoms with Crippen molar-refractivity contribution in [3.8, 4) is 0 Å². The lowest BCUT2D eigenvalue weighted by atomic mass is 10.1. The predicted octanol–water partition coefficient (Wildman–Crippen LogP) is 1.57. The Morgan fingerprint density at radius 3 is 3.06 bits per heavy atom. The highest BCUT2D eigenvalue weighted by Crippen LogP contribution is 2.18. The van der Waals surface area contributed by atoms with E-state index < -0.39 is 0 Å². The number of rotatable bonds is 6. The number of nitrogens with one attached hydrogen (secondary N) is 1. The van der Waals surface area contributed by atoms with Gasteiger partial charge in [0.25, 0.3) is 0 Å². The van der Waals surface area contributed by atoms with Crippen molar-refractivity contribution < 1.29 is 4.79 Å². The highest BCUT2D eigenvalue weighted by molar-refractivity contribution is 5.76. The van der Waals surface area contributed by atoms with E-state index in [9.17, 15) is 4.79 Å². The summed E-state index contributed by atoms with van der Waals surface area (Å²) in [7, 11) is 0. The third kappa shape index (κ3) is 3.60. The summed E-state index contributed by atoms with van der Waals surface area (Å²) in [5.74, 6) is 0.155. The van der Waals surface area contributed by atoms with Crippen LogP contribution in [0.15, 0.2) is 18.5 Å². The van der Waals surface area contributed by atoms with Crippen LogP contribution in [0.2, 0.25) is 0 Å². The van der Waals surface area contributed by atoms with E-state index in [4.69, 9.17) is 5.73 Å². The van der Waals surface area contributed by atoms with E-state index >= 15 is 0 Å². The van der Waals surface area contributed by atoms with Crippen LogP contribution < -0.4 is 11.1 Å². The summed E-state index contributed by atoms with van der Waals surface area (Å²) in [5, 5.41) is 2.99. The molecule has 1 aliphatic carbocycles. The first-order chi connectivity index (χ1) is 8.19. The summed E-state index contributed by atoms with van der Waals surface area (Å²) in [4.78, 5) is 11.5. The van der Waals surface area contributed by atoms with Gasteiger partial charge in [0.1, 0.15) is 0 Å². The maximum Gasteiger partial charge on any atom is 0.222 e. The first-order valence-electron chi connectivity index (χ1n) is 6.39. The second-order valence-electron chi connectivity index (χ2n) is 4.79. The van der Waals surface area contributed by atoms with Gasteiger partial charge >= 0.3 is 0 Å². The molecule has 1 saturated carbocycles. The van der Waals surface area contributed by atoms with E-state index in [-0.39, 0.29) is 11.9 Å². The Balaban J connectivity index is 1.77. The van der Waals surface area contributed by atoms with E-state index in [2.05, 4.69) is 12.2 Å². The van der Waals surface area contributed by atoms with Crippen molar-refractivity contribution in [2.45, 2.75) is 51.2 Å². The fourth-order valence-corrected chi connectivity index (χ4v) is 1.81. The Labute approximate surface area is 102 Å². The number of hydrogen-bond donors (Lipinski definition) is 2. The van der Waals surface area contributed by atoms with Gasteiger partial charge in [-0.25, -0.2) is 0 Å². The molecule has 1 atom stereocenters. The number of carbonyl (C=O) groups is 1. The zero-order valence-corrected chi connectivity index (χ0v) is 10.4. The molecule has 17 heavy (non-hydrogen) atoms. The molecule has 1 unspecified atom stereocenters. The monoisotopic (exact) mass is 235 g/mol. The van der Waals surface area contributed by atoms with Gasteiger partial charge in [-0.3, -0.25) is 4.79 Å². The zero-order chi connectivity index (χ0) is 12.3. The van der Waals surface area contributed by atoms with Gasteiger partial charge in [-0.1, -0.05) is 6.92 Å². The second kappa shape index (κ2) is 5.36. The normalized spacial score (nSPS) is 16.8. The average molecular weight is 235 g/mol. The number of aromatic nitrogens is 1. The minimum absolute atomic E-state index is 0.108. The molecule has 0 aromatic carbocycles. The summed E-state index contributed by atoms with van der Waals surface area (Å²) < 4.78 is 2.04. The number of aryl methyl sites for hydroxylation is 1. The van der Waals surface area contributed by atoms with Gasteiger partial charge in [-0.15, -0.1) is 0 Å². The van der Waals surface area contributed by atoms with Crippen molar-refractivity contribution in [1.29, 1.82) is 0 Å². The quantitative estimate of drug-likeness (QED) is 0.786. The molecule has 2 rings (SSSR count). The standard InChI is InChI=1S/C13H21N3O/c1-2-12(14)10-5-7-16(9-10)8-6-13(17)15-11-3-4-11/h5,7,9,11-12H,2-4,6,8,14H2,1H3,(H,15,17). The molecule has 1 aliphatic rings. The van der Waals surface area contributed by atoms with Gasteiger partial charge < -0.3 is 15.6 Å². The molecular formula is C13H21N3O. The first kappa shape index (κ1) is 12.2. The lowest BCUT2D eigenvalue weighted by Crippen LogP contribution is -2.26. The minimum Gasteiger partial charge on any atom is -0.353 e. The lowest BCUT2D eigenvalue weighted by molar-refractivity contribution is -0.121. The molecule has 1 heterocycles. The molecule has 0 spiro atoms. The van der Waals surface area contributed by atoms with Crippen LogP contribution in [0.1, 0.15) is 44.2 Å². The van der Waals surface area contributed by atoms with Crippen molar-refractivity contribution in [2.75, 3.05) is 0 Å². The number of nitrogens with two attached hydrogens (primary N) is 1. The summed E-state index contributed by atoms with van der Waals surface area (Å²) in [5.41, 5.74) is 7.09. The van der Waals surface area contributed by atoms with Gasteiger partial charge in [0.15, 0.2) is 0 Å². The molecular weight excluding hydrogens is 214 g/mol. The first-order valence-corrected chi connectivity index (χ1v) is 6.39. The molecule has 0 aliphatic heterocycles. The highest BCUT2D eigenvalue weighted by atomic mass is 16.1. The van der Waals surface area contributed by atoms with Crippen molar-refractivity contribution in [3.63, 3.8) is 0 Å². The Morgan fingerprint density at radius 1 is 1.65 bits per heavy atom. The average Bonchev–Trinajstić information content (AvgIpc) is 3.00. The second-order valence-corrected chi connectivity index (χ2v) is 4.79. The third-order valence-electron chi connectivity index (χ3n) is 3.18. The van der Waals surface area contributed by atoms with Crippen molar-refractivity contribution >= 4 is 5.91 Å². The number of carbonyl (C=O) groups excluding carboxylic acids is 1. The number of nitrogens with zero attached hydrogens (tertiary/aromatic N) is 1. The van der Waals surface area contributed by atoms with Crippen LogP contribution in [0.25, 0.3) is 0 Å². The lowest BCUT2D eigenvalue weighted by Gasteiger charge is -2.06. The summed E-state index contributed by atoms with van der Waals surface area (Å²) >= 11 is 0. The Kier molecular flexibility index (Phi) is 3.84. The van der Waals surface area contributed by atoms with Crippen LogP contribution >= 0.6 is 0 Å². The largest absolute Gasteiger partial charge is 0.353 e. The summed E-state index contributed by atoms with van der Waals surface area (Å²) in [6.45, 7) is 2.81. The number of hydrogen-bond acceptors (Lipinski definition) is 2. The van der Waals surface area contributed by atoms with E-state index in [1.807, 2.05) is 23.0 Å². The van der Waals surface area contributed by atoms with E-state index in [1.54, 1.807) is 0 Å². The Bertz CT molecular complexity index is 382. The van der Waals surface area contributed by atoms with Gasteiger partial charge in [-0.2, -0.15) is 0 Å². The van der Waals surface area contributed by atoms with Gasteiger partial charge in [0, 0.05) is 37.4 Å². The maximum atomic E-state index is 11.5. The third-order valence-corrected chi connectivity index (χ3v) is 3.18. The van der Waals surface area contributed by atoms with E-state index in [0.29, 0.717) is 12.5 Å². The fraction of sp³-hybridized carbons (Fsp3) is 0.615. The van der Waals surface area contributed by atoms with Gasteiger partial charge in [0.2, 0.25) is 5.91 Å². The minimum atomic E-state index is 0.108. The predicted molar refractivity (Wildman–Crippen MR) is 67.4 cm³/mol. The Hall–Kier alpha value is -1.29. The van der Waals surface area contributed by atoms with Gasteiger partial charge in [-0.05, 0) is 30.9 Å². The highest BCUT2D eigenvalue weighted by Gasteiger charge is 2.22. The van der Waals surface area contributed by atoms with Crippen LogP contribution in [0.3, 0.4) is 0 Å². The van der Waals surface area contributed by atoms with Crippen LogP contribution in [0.5, 0.6) is 0 Å². The number of amides is 1. The van der Waals surface area contributed by atoms with Crippen LogP contribution in [0.4, 0.5) is 0 Å².